The molecule has 5 aliphatic rings. The molecule has 1 aromatic heterocycles. The third-order valence-corrected chi connectivity index (χ3v) is 17.9. The van der Waals surface area contributed by atoms with Crippen LogP contribution in [0, 0.1) is 20.8 Å². The predicted octanol–water partition coefficient (Wildman–Crippen LogP) is 18.2. The summed E-state index contributed by atoms with van der Waals surface area (Å²) < 4.78 is 31.4. The average molecular weight is 1140 g/mol. The Kier molecular flexibility index (Phi) is 17.9. The number of halogens is 2. The van der Waals surface area contributed by atoms with E-state index in [4.69, 9.17) is 21.2 Å². The van der Waals surface area contributed by atoms with Crippen LogP contribution in [0.2, 0.25) is 0 Å². The van der Waals surface area contributed by atoms with Crippen molar-refractivity contribution >= 4 is 53.7 Å². The monoisotopic (exact) mass is 1140 g/mol. The van der Waals surface area contributed by atoms with Crippen molar-refractivity contribution in [2.45, 2.75) is 129 Å². The van der Waals surface area contributed by atoms with E-state index in [1.165, 1.54) is 82.3 Å². The van der Waals surface area contributed by atoms with Gasteiger partial charge in [0.1, 0.15) is 17.2 Å². The molecular formula is C74H74BF2N2O6. The highest BCUT2D eigenvalue weighted by Crippen LogP contribution is 2.60. The van der Waals surface area contributed by atoms with Crippen molar-refractivity contribution in [1.82, 2.24) is 4.98 Å². The highest BCUT2D eigenvalue weighted by molar-refractivity contribution is 6.23. The Morgan fingerprint density at radius 2 is 1.29 bits per heavy atom. The molecule has 11 heteroatoms. The zero-order valence-electron chi connectivity index (χ0n) is 49.9. The molecule has 8 nitrogen and oxygen atoms in total. The number of amides is 2. The van der Waals surface area contributed by atoms with Crippen LogP contribution in [0.5, 0.6) is 17.2 Å². The van der Waals surface area contributed by atoms with Crippen LogP contribution in [-0.2, 0) is 26.8 Å². The van der Waals surface area contributed by atoms with E-state index in [1.807, 2.05) is 67.6 Å². The van der Waals surface area contributed by atoms with Crippen LogP contribution in [0.3, 0.4) is 0 Å². The van der Waals surface area contributed by atoms with Crippen molar-refractivity contribution < 1.29 is 37.6 Å². The molecule has 13 rings (SSSR count). The third kappa shape index (κ3) is 10.8. The van der Waals surface area contributed by atoms with Gasteiger partial charge >= 0.3 is 13.8 Å². The summed E-state index contributed by atoms with van der Waals surface area (Å²) in [5.41, 5.74) is 22.0. The fraction of sp³-hybridized carbons (Fsp3) is 0.284. The number of nitrogens with zero attached hydrogens (tertiary/aromatic N) is 1. The minimum atomic E-state index is -1.00. The number of aryl methyl sites for hydroxylation is 4. The van der Waals surface area contributed by atoms with Crippen LogP contribution in [0.25, 0.3) is 44.3 Å². The van der Waals surface area contributed by atoms with Gasteiger partial charge in [-0.2, -0.15) is 0 Å². The quantitative estimate of drug-likeness (QED) is 0.0578. The molecule has 4 aliphatic carbocycles. The molecule has 7 aromatic carbocycles. The van der Waals surface area contributed by atoms with Crippen LogP contribution in [-0.4, -0.2) is 43.3 Å². The van der Waals surface area contributed by atoms with Crippen molar-refractivity contribution in [2.75, 3.05) is 12.0 Å². The molecule has 0 saturated heterocycles. The van der Waals surface area contributed by atoms with E-state index < -0.39 is 13.7 Å². The summed E-state index contributed by atoms with van der Waals surface area (Å²) in [5.74, 6) is 1.26. The Morgan fingerprint density at radius 1 is 0.706 bits per heavy atom. The van der Waals surface area contributed by atoms with Gasteiger partial charge in [-0.15, -0.1) is 0 Å². The highest BCUT2D eigenvalue weighted by Gasteiger charge is 2.48. The second kappa shape index (κ2) is 25.4. The molecule has 1 aliphatic heterocycles. The smallest absolute Gasteiger partial charge is 0.456 e. The van der Waals surface area contributed by atoms with E-state index in [9.17, 15) is 23.0 Å². The van der Waals surface area contributed by atoms with Gasteiger partial charge in [0.05, 0.1) is 11.4 Å². The van der Waals surface area contributed by atoms with E-state index in [2.05, 4.69) is 106 Å². The summed E-state index contributed by atoms with van der Waals surface area (Å²) in [5, 5.41) is 8.62. The number of para-hydroxylation sites is 1. The van der Waals surface area contributed by atoms with E-state index in [0.717, 1.165) is 104 Å². The van der Waals surface area contributed by atoms with Gasteiger partial charge < -0.3 is 19.6 Å². The Hall–Kier alpha value is -8.41. The predicted molar refractivity (Wildman–Crippen MR) is 341 cm³/mol. The maximum Gasteiger partial charge on any atom is 0.577 e. The number of fused-ring (bicyclic) bond motifs is 9. The van der Waals surface area contributed by atoms with Crippen LogP contribution < -0.4 is 14.4 Å². The number of esters is 1. The molecule has 2 heterocycles. The number of anilines is 1. The summed E-state index contributed by atoms with van der Waals surface area (Å²) in [4.78, 5) is 45.7. The maximum absolute atomic E-state index is 14.2. The third-order valence-electron chi connectivity index (χ3n) is 17.9. The number of carbonyl (C=O) groups excluding carboxylic acids is 3. The van der Waals surface area contributed by atoms with E-state index in [0.29, 0.717) is 42.0 Å². The number of hydrogen-bond acceptors (Lipinski definition) is 6. The summed E-state index contributed by atoms with van der Waals surface area (Å²) in [6.07, 6.45) is 15.1. The van der Waals surface area contributed by atoms with Crippen molar-refractivity contribution in [3.8, 4) is 39.6 Å². The molecule has 2 N–H and O–H groups in total. The number of H-pyrrole nitrogens is 1. The summed E-state index contributed by atoms with van der Waals surface area (Å²) in [6, 6.07) is 47.3. The normalized spacial score (nSPS) is 15.6. The lowest BCUT2D eigenvalue weighted by molar-refractivity contribution is -0.134. The number of aliphatic hydroxyl groups is 1. The second-order valence-electron chi connectivity index (χ2n) is 23.1. The van der Waals surface area contributed by atoms with Crippen LogP contribution in [0.4, 0.5) is 14.3 Å². The zero-order chi connectivity index (χ0) is 60.2. The lowest BCUT2D eigenvalue weighted by atomic mass is 9.75. The molecule has 85 heavy (non-hydrogen) atoms. The molecular weight excluding hydrogens is 1060 g/mol. The number of allylic oxidation sites excluding steroid dienone is 4. The van der Waals surface area contributed by atoms with Crippen molar-refractivity contribution in [1.29, 1.82) is 0 Å². The molecule has 0 bridgehead atoms. The second-order valence-corrected chi connectivity index (χ2v) is 23.1. The molecule has 2 amide bonds. The molecule has 8 aromatic rings. The fourth-order valence-corrected chi connectivity index (χ4v) is 14.5. The number of carbonyl (C=O) groups is 3. The Labute approximate surface area is 499 Å². The van der Waals surface area contributed by atoms with Gasteiger partial charge in [0.2, 0.25) is 6.41 Å². The number of hydrogen-bond donors (Lipinski definition) is 2. The number of aliphatic hydroxyl groups excluding tert-OH is 1. The lowest BCUT2D eigenvalue weighted by Gasteiger charge is -2.28. The first kappa shape index (κ1) is 59.7. The molecule has 1 radical (unpaired) electrons. The lowest BCUT2D eigenvalue weighted by Crippen LogP contribution is -2.29. The fourth-order valence-electron chi connectivity index (χ4n) is 14.5. The largest absolute Gasteiger partial charge is 0.577 e. The maximum atomic E-state index is 14.2. The van der Waals surface area contributed by atoms with E-state index in [-0.39, 0.29) is 23.2 Å². The van der Waals surface area contributed by atoms with Crippen molar-refractivity contribution in [3.05, 3.63) is 225 Å². The Morgan fingerprint density at radius 3 is 1.94 bits per heavy atom. The first-order valence-electron chi connectivity index (χ1n) is 29.9. The number of ether oxygens (including phenoxy) is 2. The number of benzene rings is 7. The molecule has 2 spiro atoms. The molecule has 0 unspecified atom stereocenters. The van der Waals surface area contributed by atoms with Gasteiger partial charge in [0.25, 0.3) is 5.91 Å². The Balaban J connectivity index is 0.000000956. The minimum Gasteiger partial charge on any atom is -0.456 e. The minimum absolute atomic E-state index is 0.0288. The first-order chi connectivity index (χ1) is 41.3. The number of rotatable bonds is 11. The topological polar surface area (TPSA) is 109 Å². The molecule has 0 atom stereocenters. The van der Waals surface area contributed by atoms with Gasteiger partial charge in [-0.3, -0.25) is 23.0 Å². The van der Waals surface area contributed by atoms with E-state index in [1.54, 1.807) is 18.2 Å². The highest BCUT2D eigenvalue weighted by atomic mass is 19.2. The zero-order valence-corrected chi connectivity index (χ0v) is 49.9. The standard InChI is InChI=1S/C70H62N2O5.C3H8.CH4O.BF2/c1-42-25-30-52-51-19-8-11-23-60(51)77-61-32-31-54(64(42)66(52)61)68(75)72(41-73)48-28-26-47(27-29-48)17-16-24-62(74)76-49-37-43(2)63(44(3)38-49)65(45(4)39-57-46(5)50-18-6-9-21-55(50)69(57)33-12-13-34-69)59-40-58-67(71-59)53-20-7-10-22-56(53)70(58)35-14-15-36-70;1-3-2;1-2;2-1-3/h6-11,18-23,25-32,37-41,71H,5,12-17,24,33-36H2,1-4H3;3H2,1-2H3;2H,1H3;/b57-39+,65-45-;;;. The van der Waals surface area contributed by atoms with Gasteiger partial charge in [-0.1, -0.05) is 150 Å². The summed E-state index contributed by atoms with van der Waals surface area (Å²) in [7, 11) is 0. The van der Waals surface area contributed by atoms with E-state index >= 15 is 0 Å². The van der Waals surface area contributed by atoms with Crippen LogP contribution in [0.15, 0.2) is 163 Å². The Bertz CT molecular complexity index is 3910. The number of aromatic nitrogens is 1. The molecule has 2 saturated carbocycles. The van der Waals surface area contributed by atoms with Gasteiger partial charge in [-0.05, 0) is 187 Å². The van der Waals surface area contributed by atoms with Gasteiger partial charge in [-0.25, -0.2) is 4.90 Å². The molecule has 433 valence electrons. The van der Waals surface area contributed by atoms with Gasteiger partial charge in [0.15, 0.2) is 0 Å². The summed E-state index contributed by atoms with van der Waals surface area (Å²) in [6.45, 7) is 17.5. The molecule has 2 fully saturated rings. The van der Waals surface area contributed by atoms with Crippen molar-refractivity contribution in [2.24, 2.45) is 0 Å². The number of nitrogens with one attached hydrogen (secondary N) is 1. The SMILES string of the molecule is C=C1/C(=C\C(C)=C(\c2cc3c([nH]2)-c2ccccc2C32CCCC2)c2c(C)cc(OC(=O)CCCc3ccc(N(C=O)C(=O)c4ccc5c6c(ccc(C)c46)-c4ccccc4O5)cc3)cc2C)C2(CCCC2)c2ccccc21.CCC.CO.F[B]F. The summed E-state index contributed by atoms with van der Waals surface area (Å²) >= 11 is 0. The van der Waals surface area contributed by atoms with Gasteiger partial charge in [0, 0.05) is 63.1 Å². The van der Waals surface area contributed by atoms with Crippen LogP contribution in [0.1, 0.15) is 158 Å². The average Bonchev–Trinajstić information content (AvgIpc) is 1.79. The number of imide groups is 1. The first-order valence-corrected chi connectivity index (χ1v) is 29.9. The van der Waals surface area contributed by atoms with Crippen LogP contribution >= 0.6 is 0 Å². The number of aromatic amines is 1. The van der Waals surface area contributed by atoms with Crippen molar-refractivity contribution in [3.63, 3.8) is 0 Å².